The second-order valence-electron chi connectivity index (χ2n) is 4.50. The van der Waals surface area contributed by atoms with Crippen molar-refractivity contribution < 1.29 is 14.3 Å². The highest BCUT2D eigenvalue weighted by Gasteiger charge is 2.08. The highest BCUT2D eigenvalue weighted by Crippen LogP contribution is 2.26. The van der Waals surface area contributed by atoms with Crippen LogP contribution in [0.1, 0.15) is 10.4 Å². The maximum absolute atomic E-state index is 12.0. The number of carbonyl (C=O) groups is 1. The second-order valence-corrected chi connectivity index (χ2v) is 4.50. The van der Waals surface area contributed by atoms with Crippen LogP contribution in [0.5, 0.6) is 5.75 Å². The van der Waals surface area contributed by atoms with Gasteiger partial charge in [0.05, 0.1) is 19.4 Å². The predicted octanol–water partition coefficient (Wildman–Crippen LogP) is 2.21. The molecular formula is C16H19N3O3. The van der Waals surface area contributed by atoms with Crippen molar-refractivity contribution >= 4 is 17.4 Å². The van der Waals surface area contributed by atoms with Crippen LogP contribution in [-0.4, -0.2) is 38.3 Å². The number of aromatic nitrogens is 1. The van der Waals surface area contributed by atoms with Crippen molar-refractivity contribution in [2.45, 2.75) is 0 Å². The Morgan fingerprint density at radius 3 is 2.82 bits per heavy atom. The smallest absolute Gasteiger partial charge is 0.251 e. The van der Waals surface area contributed by atoms with Crippen molar-refractivity contribution in [2.75, 3.05) is 32.7 Å². The van der Waals surface area contributed by atoms with Gasteiger partial charge >= 0.3 is 0 Å². The van der Waals surface area contributed by atoms with Gasteiger partial charge in [-0.25, -0.2) is 4.98 Å². The van der Waals surface area contributed by atoms with Gasteiger partial charge in [0.15, 0.2) is 0 Å². The Morgan fingerprint density at radius 1 is 1.23 bits per heavy atom. The minimum absolute atomic E-state index is 0.164. The molecule has 0 atom stereocenters. The third-order valence-electron chi connectivity index (χ3n) is 2.98. The number of hydrogen-bond donors (Lipinski definition) is 2. The molecule has 1 aromatic carbocycles. The van der Waals surface area contributed by atoms with Crippen LogP contribution in [0.25, 0.3) is 0 Å². The van der Waals surface area contributed by atoms with Gasteiger partial charge in [0.25, 0.3) is 5.91 Å². The Labute approximate surface area is 129 Å². The number of benzene rings is 1. The number of pyridine rings is 1. The van der Waals surface area contributed by atoms with E-state index in [1.54, 1.807) is 32.5 Å². The lowest BCUT2D eigenvalue weighted by molar-refractivity contribution is 0.0937. The first-order valence-electron chi connectivity index (χ1n) is 6.88. The van der Waals surface area contributed by atoms with E-state index in [9.17, 15) is 4.79 Å². The van der Waals surface area contributed by atoms with Gasteiger partial charge in [0, 0.05) is 25.4 Å². The lowest BCUT2D eigenvalue weighted by atomic mass is 10.2. The molecular weight excluding hydrogens is 282 g/mol. The average molecular weight is 301 g/mol. The molecule has 0 unspecified atom stereocenters. The molecule has 0 saturated heterocycles. The molecule has 0 bridgehead atoms. The zero-order valence-corrected chi connectivity index (χ0v) is 12.6. The van der Waals surface area contributed by atoms with Crippen LogP contribution >= 0.6 is 0 Å². The molecule has 0 aliphatic carbocycles. The molecule has 6 nitrogen and oxygen atoms in total. The monoisotopic (exact) mass is 301 g/mol. The molecule has 2 aromatic rings. The van der Waals surface area contributed by atoms with Crippen LogP contribution in [0.2, 0.25) is 0 Å². The first-order valence-corrected chi connectivity index (χ1v) is 6.88. The maximum atomic E-state index is 12.0. The van der Waals surface area contributed by atoms with Crippen molar-refractivity contribution in [3.63, 3.8) is 0 Å². The van der Waals surface area contributed by atoms with Crippen molar-refractivity contribution in [1.29, 1.82) is 0 Å². The third-order valence-corrected chi connectivity index (χ3v) is 2.98. The van der Waals surface area contributed by atoms with Gasteiger partial charge in [-0.2, -0.15) is 0 Å². The Kier molecular flexibility index (Phi) is 5.73. The fourth-order valence-corrected chi connectivity index (χ4v) is 1.89. The fourth-order valence-electron chi connectivity index (χ4n) is 1.89. The van der Waals surface area contributed by atoms with Crippen molar-refractivity contribution in [1.82, 2.24) is 10.3 Å². The van der Waals surface area contributed by atoms with E-state index in [4.69, 9.17) is 9.47 Å². The van der Waals surface area contributed by atoms with E-state index < -0.39 is 0 Å². The van der Waals surface area contributed by atoms with E-state index in [0.29, 0.717) is 30.3 Å². The number of nitrogens with one attached hydrogen (secondary N) is 2. The lowest BCUT2D eigenvalue weighted by Gasteiger charge is -2.11. The molecule has 1 aromatic heterocycles. The summed E-state index contributed by atoms with van der Waals surface area (Å²) in [6, 6.07) is 10.9. The van der Waals surface area contributed by atoms with Crippen molar-refractivity contribution in [3.8, 4) is 5.75 Å². The van der Waals surface area contributed by atoms with Crippen LogP contribution in [0.3, 0.4) is 0 Å². The number of anilines is 2. The molecule has 6 heteroatoms. The molecule has 0 fully saturated rings. The molecule has 22 heavy (non-hydrogen) atoms. The van der Waals surface area contributed by atoms with Crippen molar-refractivity contribution in [3.05, 3.63) is 48.2 Å². The Morgan fingerprint density at radius 2 is 2.05 bits per heavy atom. The zero-order valence-electron chi connectivity index (χ0n) is 12.6. The number of para-hydroxylation sites is 2. The summed E-state index contributed by atoms with van der Waals surface area (Å²) < 4.78 is 10.2. The van der Waals surface area contributed by atoms with Crippen LogP contribution in [0, 0.1) is 0 Å². The first-order chi connectivity index (χ1) is 10.7. The summed E-state index contributed by atoms with van der Waals surface area (Å²) in [5, 5.41) is 5.91. The van der Waals surface area contributed by atoms with E-state index in [1.807, 2.05) is 24.3 Å². The number of rotatable bonds is 7. The van der Waals surface area contributed by atoms with E-state index in [0.717, 1.165) is 5.69 Å². The molecule has 0 radical (unpaired) electrons. The van der Waals surface area contributed by atoms with Gasteiger partial charge in [0.1, 0.15) is 11.6 Å². The number of nitrogens with zero attached hydrogens (tertiary/aromatic N) is 1. The maximum Gasteiger partial charge on any atom is 0.251 e. The molecule has 2 N–H and O–H groups in total. The van der Waals surface area contributed by atoms with Gasteiger partial charge in [-0.15, -0.1) is 0 Å². The number of amides is 1. The minimum Gasteiger partial charge on any atom is -0.495 e. The van der Waals surface area contributed by atoms with Gasteiger partial charge < -0.3 is 20.1 Å². The molecule has 116 valence electrons. The summed E-state index contributed by atoms with van der Waals surface area (Å²) in [7, 11) is 3.20. The van der Waals surface area contributed by atoms with Crippen LogP contribution in [-0.2, 0) is 4.74 Å². The topological polar surface area (TPSA) is 72.5 Å². The SMILES string of the molecule is COCCNC(=O)c1ccnc(Nc2ccccc2OC)c1. The van der Waals surface area contributed by atoms with Gasteiger partial charge in [0.2, 0.25) is 0 Å². The number of methoxy groups -OCH3 is 2. The van der Waals surface area contributed by atoms with Gasteiger partial charge in [-0.1, -0.05) is 12.1 Å². The van der Waals surface area contributed by atoms with Gasteiger partial charge in [-0.05, 0) is 24.3 Å². The van der Waals surface area contributed by atoms with E-state index in [2.05, 4.69) is 15.6 Å². The van der Waals surface area contributed by atoms with Crippen LogP contribution < -0.4 is 15.4 Å². The average Bonchev–Trinajstić information content (AvgIpc) is 2.56. The molecule has 1 heterocycles. The lowest BCUT2D eigenvalue weighted by Crippen LogP contribution is -2.27. The Hall–Kier alpha value is -2.60. The number of hydrogen-bond acceptors (Lipinski definition) is 5. The van der Waals surface area contributed by atoms with Crippen molar-refractivity contribution in [2.24, 2.45) is 0 Å². The molecule has 0 spiro atoms. The quantitative estimate of drug-likeness (QED) is 0.767. The molecule has 1 amide bonds. The molecule has 0 saturated carbocycles. The summed E-state index contributed by atoms with van der Waals surface area (Å²) in [4.78, 5) is 16.2. The number of carbonyl (C=O) groups excluding carboxylic acids is 1. The largest absolute Gasteiger partial charge is 0.495 e. The fraction of sp³-hybridized carbons (Fsp3) is 0.250. The summed E-state index contributed by atoms with van der Waals surface area (Å²) >= 11 is 0. The van der Waals surface area contributed by atoms with E-state index >= 15 is 0 Å². The minimum atomic E-state index is -0.164. The molecule has 2 rings (SSSR count). The zero-order chi connectivity index (χ0) is 15.8. The second kappa shape index (κ2) is 7.99. The first kappa shape index (κ1) is 15.8. The summed E-state index contributed by atoms with van der Waals surface area (Å²) in [6.45, 7) is 0.941. The number of ether oxygens (including phenoxy) is 2. The van der Waals surface area contributed by atoms with Crippen LogP contribution in [0.15, 0.2) is 42.6 Å². The Balaban J connectivity index is 2.09. The third kappa shape index (κ3) is 4.20. The standard InChI is InChI=1S/C16H19N3O3/c1-21-10-9-18-16(20)12-7-8-17-15(11-12)19-13-5-3-4-6-14(13)22-2/h3-8,11H,9-10H2,1-2H3,(H,17,19)(H,18,20). The summed E-state index contributed by atoms with van der Waals surface area (Å²) in [5.74, 6) is 1.12. The Bertz CT molecular complexity index is 632. The van der Waals surface area contributed by atoms with Crippen LogP contribution in [0.4, 0.5) is 11.5 Å². The molecule has 0 aliphatic heterocycles. The van der Waals surface area contributed by atoms with E-state index in [1.165, 1.54) is 0 Å². The van der Waals surface area contributed by atoms with Gasteiger partial charge in [-0.3, -0.25) is 4.79 Å². The van der Waals surface area contributed by atoms with E-state index in [-0.39, 0.29) is 5.91 Å². The summed E-state index contributed by atoms with van der Waals surface area (Å²) in [5.41, 5.74) is 1.32. The molecule has 0 aliphatic rings. The summed E-state index contributed by atoms with van der Waals surface area (Å²) in [6.07, 6.45) is 1.59. The highest BCUT2D eigenvalue weighted by molar-refractivity contribution is 5.94. The predicted molar refractivity (Wildman–Crippen MR) is 84.7 cm³/mol. The normalized spacial score (nSPS) is 10.1. The highest BCUT2D eigenvalue weighted by atomic mass is 16.5.